The summed E-state index contributed by atoms with van der Waals surface area (Å²) in [6.07, 6.45) is -1.34. The Balaban J connectivity index is 1.54. The van der Waals surface area contributed by atoms with Crippen LogP contribution in [0, 0.1) is 10.1 Å². The van der Waals surface area contributed by atoms with Gasteiger partial charge < -0.3 is 10.1 Å². The predicted octanol–water partition coefficient (Wildman–Crippen LogP) is 7.70. The van der Waals surface area contributed by atoms with Crippen molar-refractivity contribution in [3.8, 4) is 0 Å². The molecule has 0 heterocycles. The van der Waals surface area contributed by atoms with E-state index in [1.54, 1.807) is 42.5 Å². The molecule has 0 aromatic heterocycles. The molecular formula is C29H19BrCl2N2O6. The normalized spacial score (nSPS) is 12.2. The molecular weight excluding hydrogens is 623 g/mol. The summed E-state index contributed by atoms with van der Waals surface area (Å²) in [7, 11) is 0. The number of nitro groups is 1. The number of esters is 1. The van der Waals surface area contributed by atoms with Crippen LogP contribution in [0.25, 0.3) is 0 Å². The summed E-state index contributed by atoms with van der Waals surface area (Å²) in [5, 5.41) is 14.5. The summed E-state index contributed by atoms with van der Waals surface area (Å²) in [4.78, 5) is 48.9. The number of nitro benzene ring substituents is 1. The third-order valence-corrected chi connectivity index (χ3v) is 7.33. The maximum Gasteiger partial charge on any atom is 0.338 e. The minimum atomic E-state index is -1.34. The molecule has 1 N–H and O–H groups in total. The van der Waals surface area contributed by atoms with Crippen molar-refractivity contribution in [1.29, 1.82) is 0 Å². The number of carbonyl (C=O) groups excluding carboxylic acids is 3. The maximum atomic E-state index is 13.4. The van der Waals surface area contributed by atoms with Gasteiger partial charge in [-0.15, -0.1) is 0 Å². The van der Waals surface area contributed by atoms with Crippen LogP contribution in [-0.4, -0.2) is 28.7 Å². The van der Waals surface area contributed by atoms with Crippen LogP contribution in [0.2, 0.25) is 10.0 Å². The van der Waals surface area contributed by atoms with E-state index in [9.17, 15) is 24.5 Å². The second kappa shape index (κ2) is 12.9. The number of amides is 1. The van der Waals surface area contributed by atoms with Crippen LogP contribution in [0.5, 0.6) is 0 Å². The summed E-state index contributed by atoms with van der Waals surface area (Å²) in [5.41, 5.74) is 1.24. The van der Waals surface area contributed by atoms with Crippen LogP contribution in [-0.2, 0) is 4.74 Å². The molecule has 4 aromatic carbocycles. The molecule has 0 spiro atoms. The molecule has 11 heteroatoms. The predicted molar refractivity (Wildman–Crippen MR) is 156 cm³/mol. The maximum absolute atomic E-state index is 13.4. The molecule has 0 bridgehead atoms. The lowest BCUT2D eigenvalue weighted by molar-refractivity contribution is -0.384. The van der Waals surface area contributed by atoms with Crippen LogP contribution in [0.1, 0.15) is 41.5 Å². The van der Waals surface area contributed by atoms with Crippen molar-refractivity contribution in [3.05, 3.63) is 139 Å². The van der Waals surface area contributed by atoms with Crippen molar-refractivity contribution >= 4 is 68.2 Å². The molecule has 0 fully saturated rings. The number of nitrogens with zero attached hydrogens (tertiary/aromatic N) is 1. The van der Waals surface area contributed by atoms with E-state index in [1.807, 2.05) is 0 Å². The van der Waals surface area contributed by atoms with Gasteiger partial charge in [0.05, 0.1) is 25.9 Å². The number of anilines is 1. The second-order valence-corrected chi connectivity index (χ2v) is 10.3. The highest BCUT2D eigenvalue weighted by Crippen LogP contribution is 2.33. The Labute approximate surface area is 247 Å². The minimum Gasteiger partial charge on any atom is -0.449 e. The minimum absolute atomic E-state index is 0.118. The average molecular weight is 642 g/mol. The molecule has 8 nitrogen and oxygen atoms in total. The zero-order valence-corrected chi connectivity index (χ0v) is 23.5. The van der Waals surface area contributed by atoms with Crippen molar-refractivity contribution in [1.82, 2.24) is 0 Å². The van der Waals surface area contributed by atoms with E-state index < -0.39 is 33.5 Å². The molecule has 0 aliphatic heterocycles. The number of halogens is 3. The van der Waals surface area contributed by atoms with Gasteiger partial charge in [0, 0.05) is 28.4 Å². The molecule has 1 amide bonds. The van der Waals surface area contributed by atoms with E-state index in [2.05, 4.69) is 21.2 Å². The van der Waals surface area contributed by atoms with Crippen molar-refractivity contribution in [2.45, 2.75) is 10.9 Å². The SMILES string of the molecule is O=C(O[C@@H](C(=O)c1ccccc1)[C@@H](Br)c1cccc([N+](=O)[O-])c1)c1ccc(NC(=O)c2ccc(Cl)cc2Cl)cc1. The molecule has 2 atom stereocenters. The van der Waals surface area contributed by atoms with E-state index in [-0.39, 0.29) is 21.8 Å². The van der Waals surface area contributed by atoms with Gasteiger partial charge in [-0.1, -0.05) is 81.6 Å². The number of ketones is 1. The molecule has 0 unspecified atom stereocenters. The van der Waals surface area contributed by atoms with Crippen molar-refractivity contribution < 1.29 is 24.0 Å². The number of nitrogens with one attached hydrogen (secondary N) is 1. The molecule has 4 rings (SSSR count). The second-order valence-electron chi connectivity index (χ2n) is 8.47. The third-order valence-electron chi connectivity index (χ3n) is 5.77. The number of hydrogen-bond acceptors (Lipinski definition) is 6. The Kier molecular flexibility index (Phi) is 9.31. The Morgan fingerprint density at radius 3 is 2.20 bits per heavy atom. The number of carbonyl (C=O) groups is 3. The standard InChI is InChI=1S/C29H19BrCl2N2O6/c30-25(19-7-4-8-22(15-19)34(38)39)27(26(35)17-5-2-1-3-6-17)40-29(37)18-9-12-21(13-10-18)33-28(36)23-14-11-20(31)16-24(23)32/h1-16,25,27H,(H,33,36)/t25-,27+/m0/s1. The van der Waals surface area contributed by atoms with Crippen molar-refractivity contribution in [3.63, 3.8) is 0 Å². The number of Topliss-reactive ketones (excluding diaryl/α,β-unsaturated/α-hetero) is 1. The number of alkyl halides is 1. The van der Waals surface area contributed by atoms with Gasteiger partial charge >= 0.3 is 5.97 Å². The molecule has 202 valence electrons. The van der Waals surface area contributed by atoms with Crippen LogP contribution in [0.3, 0.4) is 0 Å². The molecule has 4 aromatic rings. The Morgan fingerprint density at radius 2 is 1.55 bits per heavy atom. The largest absolute Gasteiger partial charge is 0.449 e. The fraction of sp³-hybridized carbons (Fsp3) is 0.0690. The third kappa shape index (κ3) is 6.93. The van der Waals surface area contributed by atoms with Crippen molar-refractivity contribution in [2.24, 2.45) is 0 Å². The highest BCUT2D eigenvalue weighted by Gasteiger charge is 2.33. The monoisotopic (exact) mass is 640 g/mol. The van der Waals surface area contributed by atoms with Gasteiger partial charge in [0.1, 0.15) is 0 Å². The van der Waals surface area contributed by atoms with E-state index in [0.29, 0.717) is 21.8 Å². The van der Waals surface area contributed by atoms with E-state index in [4.69, 9.17) is 27.9 Å². The van der Waals surface area contributed by atoms with Gasteiger partial charge in [-0.25, -0.2) is 4.79 Å². The quantitative estimate of drug-likeness (QED) is 0.0658. The summed E-state index contributed by atoms with van der Waals surface area (Å²) in [5.74, 6) is -1.77. The van der Waals surface area contributed by atoms with Crippen molar-refractivity contribution in [2.75, 3.05) is 5.32 Å². The lowest BCUT2D eigenvalue weighted by Gasteiger charge is -2.22. The van der Waals surface area contributed by atoms with Gasteiger partial charge in [0.2, 0.25) is 5.78 Å². The lowest BCUT2D eigenvalue weighted by Crippen LogP contribution is -2.31. The van der Waals surface area contributed by atoms with E-state index >= 15 is 0 Å². The first-order valence-electron chi connectivity index (χ1n) is 11.7. The number of hydrogen-bond donors (Lipinski definition) is 1. The number of benzene rings is 4. The first kappa shape index (κ1) is 28.9. The Bertz CT molecular complexity index is 1580. The van der Waals surface area contributed by atoms with Crippen LogP contribution in [0.4, 0.5) is 11.4 Å². The van der Waals surface area contributed by atoms with Crippen LogP contribution in [0.15, 0.2) is 97.1 Å². The lowest BCUT2D eigenvalue weighted by atomic mass is 9.99. The van der Waals surface area contributed by atoms with Crippen LogP contribution < -0.4 is 5.32 Å². The fourth-order valence-corrected chi connectivity index (χ4v) is 4.87. The topological polar surface area (TPSA) is 116 Å². The molecule has 0 radical (unpaired) electrons. The van der Waals surface area contributed by atoms with Gasteiger partial charge in [0.15, 0.2) is 6.10 Å². The number of rotatable bonds is 9. The average Bonchev–Trinajstić information content (AvgIpc) is 2.96. The van der Waals surface area contributed by atoms with Crippen LogP contribution >= 0.6 is 39.1 Å². The van der Waals surface area contributed by atoms with Gasteiger partial charge in [-0.05, 0) is 48.0 Å². The van der Waals surface area contributed by atoms with Gasteiger partial charge in [-0.3, -0.25) is 19.7 Å². The zero-order chi connectivity index (χ0) is 28.8. The van der Waals surface area contributed by atoms with Gasteiger partial charge in [-0.2, -0.15) is 0 Å². The zero-order valence-electron chi connectivity index (χ0n) is 20.4. The van der Waals surface area contributed by atoms with E-state index in [1.165, 1.54) is 54.6 Å². The molecule has 0 aliphatic rings. The first-order chi connectivity index (χ1) is 19.1. The van der Waals surface area contributed by atoms with Gasteiger partial charge in [0.25, 0.3) is 11.6 Å². The Hall–Kier alpha value is -4.05. The summed E-state index contributed by atoms with van der Waals surface area (Å²) in [6, 6.07) is 24.3. The smallest absolute Gasteiger partial charge is 0.338 e. The molecule has 0 aliphatic carbocycles. The molecule has 0 saturated carbocycles. The fourth-order valence-electron chi connectivity index (χ4n) is 3.74. The first-order valence-corrected chi connectivity index (χ1v) is 13.4. The Morgan fingerprint density at radius 1 is 0.850 bits per heavy atom. The molecule has 40 heavy (non-hydrogen) atoms. The molecule has 0 saturated heterocycles. The van der Waals surface area contributed by atoms with E-state index in [0.717, 1.165) is 0 Å². The summed E-state index contributed by atoms with van der Waals surface area (Å²) >= 11 is 15.4. The summed E-state index contributed by atoms with van der Waals surface area (Å²) in [6.45, 7) is 0. The summed E-state index contributed by atoms with van der Waals surface area (Å²) < 4.78 is 5.66. The number of non-ortho nitro benzene ring substituents is 1. The highest BCUT2D eigenvalue weighted by atomic mass is 79.9. The number of ether oxygens (including phenoxy) is 1. The highest BCUT2D eigenvalue weighted by molar-refractivity contribution is 9.09.